The minimum absolute atomic E-state index is 0.147. The van der Waals surface area contributed by atoms with E-state index in [1.807, 2.05) is 48.5 Å². The number of carbonyl (C=O) groups excluding carboxylic acids is 2. The normalized spacial score (nSPS) is 16.6. The Balaban J connectivity index is 1.52. The number of rotatable bonds is 5. The van der Waals surface area contributed by atoms with E-state index in [1.54, 1.807) is 42.5 Å². The first-order valence-electron chi connectivity index (χ1n) is 11.3. The van der Waals surface area contributed by atoms with Crippen molar-refractivity contribution in [2.24, 2.45) is 0 Å². The molecule has 0 aliphatic carbocycles. The van der Waals surface area contributed by atoms with Crippen molar-refractivity contribution in [2.75, 3.05) is 10.2 Å². The van der Waals surface area contributed by atoms with Crippen LogP contribution in [-0.4, -0.2) is 17.1 Å². The van der Waals surface area contributed by atoms with Crippen LogP contribution < -0.4 is 10.2 Å². The van der Waals surface area contributed by atoms with Gasteiger partial charge < -0.3 is 5.32 Å². The Morgan fingerprint density at radius 3 is 2.39 bits per heavy atom. The molecule has 0 spiro atoms. The molecule has 36 heavy (non-hydrogen) atoms. The number of fused-ring (bicyclic) bond motifs is 1. The number of anilines is 2. The quantitative estimate of drug-likeness (QED) is 0.272. The minimum atomic E-state index is -0.590. The molecule has 1 aliphatic rings. The second-order valence-electron chi connectivity index (χ2n) is 8.22. The third-order valence-corrected chi connectivity index (χ3v) is 7.15. The lowest BCUT2D eigenvalue weighted by molar-refractivity contribution is -0.117. The summed E-state index contributed by atoms with van der Waals surface area (Å²) in [6.07, 6.45) is 0.334. The zero-order chi connectivity index (χ0) is 25.1. The van der Waals surface area contributed by atoms with Gasteiger partial charge in [-0.3, -0.25) is 14.5 Å². The molecule has 1 aliphatic heterocycles. The molecular formula is C29H20FN3O2S. The van der Waals surface area contributed by atoms with Gasteiger partial charge in [0.15, 0.2) is 0 Å². The number of carbonyl (C=O) groups is 2. The van der Waals surface area contributed by atoms with Gasteiger partial charge in [0.2, 0.25) is 5.91 Å². The van der Waals surface area contributed by atoms with E-state index in [4.69, 9.17) is 0 Å². The van der Waals surface area contributed by atoms with Crippen molar-refractivity contribution in [3.63, 3.8) is 0 Å². The highest BCUT2D eigenvalue weighted by Crippen LogP contribution is 2.42. The molecule has 0 saturated carbocycles. The van der Waals surface area contributed by atoms with Crippen LogP contribution in [0.1, 0.15) is 5.56 Å². The van der Waals surface area contributed by atoms with Crippen molar-refractivity contribution in [1.82, 2.24) is 0 Å². The number of thioether (sulfide) groups is 1. The average Bonchev–Trinajstić information content (AvgIpc) is 3.21. The van der Waals surface area contributed by atoms with Crippen LogP contribution in [0.2, 0.25) is 0 Å². The molecule has 0 bridgehead atoms. The summed E-state index contributed by atoms with van der Waals surface area (Å²) in [5.41, 5.74) is 1.79. The summed E-state index contributed by atoms with van der Waals surface area (Å²) in [6, 6.07) is 30.1. The van der Waals surface area contributed by atoms with E-state index in [2.05, 4.69) is 5.32 Å². The molecular weight excluding hydrogens is 473 g/mol. The fraction of sp³-hybridized carbons (Fsp3) is 0.0690. The molecule has 2 amide bonds. The third-order valence-electron chi connectivity index (χ3n) is 5.89. The van der Waals surface area contributed by atoms with Crippen LogP contribution >= 0.6 is 11.8 Å². The number of nitriles is 1. The highest BCUT2D eigenvalue weighted by Gasteiger charge is 2.40. The van der Waals surface area contributed by atoms with Gasteiger partial charge in [-0.05, 0) is 47.7 Å². The van der Waals surface area contributed by atoms with Gasteiger partial charge in [0.05, 0.1) is 5.25 Å². The summed E-state index contributed by atoms with van der Waals surface area (Å²) in [4.78, 5) is 28.3. The fourth-order valence-electron chi connectivity index (χ4n) is 4.15. The number of benzene rings is 4. The standard InChI is InChI=1S/C29H20FN3O2S/c30-21-15-13-19(14-16-21)17-26-28(35)33(22-9-2-1-3-10-22)29(36-26)24(18-31)27(34)32-25-12-6-8-20-7-4-5-11-23(20)25/h1-16,26H,17H2,(H,32,34)/b29-24+/t26-/m0/s1. The molecule has 1 fully saturated rings. The van der Waals surface area contributed by atoms with Crippen molar-refractivity contribution in [1.29, 1.82) is 5.26 Å². The highest BCUT2D eigenvalue weighted by atomic mass is 32.2. The van der Waals surface area contributed by atoms with Crippen LogP contribution in [-0.2, 0) is 16.0 Å². The zero-order valence-electron chi connectivity index (χ0n) is 19.0. The highest BCUT2D eigenvalue weighted by molar-refractivity contribution is 8.05. The smallest absolute Gasteiger partial charge is 0.269 e. The largest absolute Gasteiger partial charge is 0.321 e. The molecule has 1 N–H and O–H groups in total. The molecule has 0 radical (unpaired) electrons. The predicted molar refractivity (Wildman–Crippen MR) is 141 cm³/mol. The van der Waals surface area contributed by atoms with Crippen molar-refractivity contribution in [2.45, 2.75) is 11.7 Å². The second kappa shape index (κ2) is 10.1. The lowest BCUT2D eigenvalue weighted by atomic mass is 10.1. The Kier molecular flexibility index (Phi) is 6.52. The van der Waals surface area contributed by atoms with Crippen LogP contribution in [0.15, 0.2) is 108 Å². The van der Waals surface area contributed by atoms with E-state index in [0.29, 0.717) is 17.8 Å². The maximum atomic E-state index is 13.5. The first kappa shape index (κ1) is 23.3. The van der Waals surface area contributed by atoms with E-state index in [-0.39, 0.29) is 22.3 Å². The summed E-state index contributed by atoms with van der Waals surface area (Å²) < 4.78 is 13.4. The van der Waals surface area contributed by atoms with Crippen LogP contribution in [0, 0.1) is 17.1 Å². The number of hydrogen-bond acceptors (Lipinski definition) is 4. The molecule has 1 heterocycles. The molecule has 5 nitrogen and oxygen atoms in total. The molecule has 176 valence electrons. The van der Waals surface area contributed by atoms with Gasteiger partial charge in [-0.2, -0.15) is 5.26 Å². The lowest BCUT2D eigenvalue weighted by Crippen LogP contribution is -2.30. The topological polar surface area (TPSA) is 73.2 Å². The summed E-state index contributed by atoms with van der Waals surface area (Å²) in [5.74, 6) is -1.18. The van der Waals surface area contributed by atoms with E-state index in [9.17, 15) is 19.2 Å². The van der Waals surface area contributed by atoms with E-state index < -0.39 is 11.2 Å². The van der Waals surface area contributed by atoms with Gasteiger partial charge in [-0.25, -0.2) is 4.39 Å². The monoisotopic (exact) mass is 493 g/mol. The number of halogens is 1. The van der Waals surface area contributed by atoms with Gasteiger partial charge in [0.25, 0.3) is 5.91 Å². The number of amides is 2. The van der Waals surface area contributed by atoms with Gasteiger partial charge in [-0.15, -0.1) is 0 Å². The van der Waals surface area contributed by atoms with Gasteiger partial charge >= 0.3 is 0 Å². The Morgan fingerprint density at radius 1 is 0.944 bits per heavy atom. The number of para-hydroxylation sites is 1. The van der Waals surface area contributed by atoms with Crippen molar-refractivity contribution in [3.05, 3.63) is 119 Å². The van der Waals surface area contributed by atoms with Gasteiger partial charge in [0, 0.05) is 16.8 Å². The van der Waals surface area contributed by atoms with Crippen LogP contribution in [0.4, 0.5) is 15.8 Å². The summed E-state index contributed by atoms with van der Waals surface area (Å²) in [7, 11) is 0. The van der Waals surface area contributed by atoms with Gasteiger partial charge in [0.1, 0.15) is 22.5 Å². The fourth-order valence-corrected chi connectivity index (χ4v) is 5.46. The molecule has 4 aromatic carbocycles. The molecule has 0 aromatic heterocycles. The van der Waals surface area contributed by atoms with Crippen molar-refractivity contribution in [3.8, 4) is 6.07 Å². The van der Waals surface area contributed by atoms with Crippen LogP contribution in [0.25, 0.3) is 10.8 Å². The summed E-state index contributed by atoms with van der Waals surface area (Å²) >= 11 is 1.17. The summed E-state index contributed by atoms with van der Waals surface area (Å²) in [6.45, 7) is 0. The van der Waals surface area contributed by atoms with Gasteiger partial charge in [-0.1, -0.05) is 78.5 Å². The van der Waals surface area contributed by atoms with E-state index in [0.717, 1.165) is 16.3 Å². The first-order chi connectivity index (χ1) is 17.5. The number of hydrogen-bond donors (Lipinski definition) is 1. The molecule has 5 rings (SSSR count). The number of nitrogens with zero attached hydrogens (tertiary/aromatic N) is 2. The van der Waals surface area contributed by atoms with Crippen molar-refractivity contribution >= 4 is 45.7 Å². The predicted octanol–water partition coefficient (Wildman–Crippen LogP) is 6.04. The average molecular weight is 494 g/mol. The summed E-state index contributed by atoms with van der Waals surface area (Å²) in [5, 5.41) is 14.4. The van der Waals surface area contributed by atoms with E-state index in [1.165, 1.54) is 28.8 Å². The minimum Gasteiger partial charge on any atom is -0.321 e. The molecule has 7 heteroatoms. The Bertz CT molecular complexity index is 1520. The third kappa shape index (κ3) is 4.59. The SMILES string of the molecule is N#C/C(C(=O)Nc1cccc2ccccc12)=C1\S[C@@H](Cc2ccc(F)cc2)C(=O)N1c1ccccc1. The first-order valence-corrected chi connectivity index (χ1v) is 12.2. The van der Waals surface area contributed by atoms with Crippen molar-refractivity contribution < 1.29 is 14.0 Å². The lowest BCUT2D eigenvalue weighted by Gasteiger charge is -2.18. The maximum absolute atomic E-state index is 13.5. The molecule has 4 aromatic rings. The Labute approximate surface area is 211 Å². The van der Waals surface area contributed by atoms with Crippen LogP contribution in [0.5, 0.6) is 0 Å². The molecule has 1 saturated heterocycles. The molecule has 1 atom stereocenters. The Morgan fingerprint density at radius 2 is 1.64 bits per heavy atom. The zero-order valence-corrected chi connectivity index (χ0v) is 19.8. The van der Waals surface area contributed by atoms with E-state index >= 15 is 0 Å². The Hall–Kier alpha value is -4.41. The maximum Gasteiger partial charge on any atom is 0.269 e. The number of nitrogens with one attached hydrogen (secondary N) is 1. The molecule has 0 unspecified atom stereocenters. The second-order valence-corrected chi connectivity index (χ2v) is 9.41. The van der Waals surface area contributed by atoms with Crippen LogP contribution in [0.3, 0.4) is 0 Å².